The molecular weight excluding hydrogens is 250 g/mol. The van der Waals surface area contributed by atoms with Crippen LogP contribution in [0, 0.1) is 17.8 Å². The van der Waals surface area contributed by atoms with Gasteiger partial charge in [0.05, 0.1) is 0 Å². The average molecular weight is 281 g/mol. The lowest BCUT2D eigenvalue weighted by atomic mass is 9.81. The zero-order valence-corrected chi connectivity index (χ0v) is 12.9. The third-order valence-corrected chi connectivity index (χ3v) is 4.94. The Bertz CT molecular complexity index is 294. The maximum Gasteiger partial charge on any atom is 0.223 e. The zero-order chi connectivity index (χ0) is 14.4. The minimum Gasteiger partial charge on any atom is -0.356 e. The van der Waals surface area contributed by atoms with Crippen LogP contribution in [0.1, 0.15) is 45.4 Å². The van der Waals surface area contributed by atoms with Crippen molar-refractivity contribution >= 4 is 5.91 Å². The van der Waals surface area contributed by atoms with Gasteiger partial charge in [0.2, 0.25) is 5.91 Å². The number of amides is 1. The van der Waals surface area contributed by atoms with Gasteiger partial charge in [0.25, 0.3) is 0 Å². The number of hydrogen-bond donors (Lipinski definition) is 2. The molecule has 2 rings (SSSR count). The molecule has 2 aliphatic rings. The van der Waals surface area contributed by atoms with Crippen molar-refractivity contribution in [1.82, 2.24) is 10.2 Å². The molecule has 0 aromatic carbocycles. The van der Waals surface area contributed by atoms with Gasteiger partial charge in [-0.1, -0.05) is 6.92 Å². The van der Waals surface area contributed by atoms with E-state index < -0.39 is 0 Å². The second kappa shape index (κ2) is 7.99. The van der Waals surface area contributed by atoms with Gasteiger partial charge in [-0.15, -0.1) is 0 Å². The third-order valence-electron chi connectivity index (χ3n) is 4.94. The van der Waals surface area contributed by atoms with E-state index in [-0.39, 0.29) is 11.8 Å². The van der Waals surface area contributed by atoms with Crippen LogP contribution in [0.25, 0.3) is 0 Å². The van der Waals surface area contributed by atoms with E-state index in [2.05, 4.69) is 17.1 Å². The molecule has 1 atom stereocenters. The van der Waals surface area contributed by atoms with E-state index in [4.69, 9.17) is 5.73 Å². The van der Waals surface area contributed by atoms with Gasteiger partial charge >= 0.3 is 0 Å². The molecule has 1 heterocycles. The Hall–Kier alpha value is -0.610. The second-order valence-corrected chi connectivity index (χ2v) is 6.81. The first-order chi connectivity index (χ1) is 9.69. The van der Waals surface area contributed by atoms with Gasteiger partial charge in [-0.2, -0.15) is 0 Å². The lowest BCUT2D eigenvalue weighted by Gasteiger charge is -2.27. The number of likely N-dealkylation sites (tertiary alicyclic amines) is 1. The van der Waals surface area contributed by atoms with E-state index in [9.17, 15) is 4.79 Å². The Morgan fingerprint density at radius 2 is 1.90 bits per heavy atom. The van der Waals surface area contributed by atoms with Crippen LogP contribution in [0.4, 0.5) is 0 Å². The Kier molecular flexibility index (Phi) is 6.30. The van der Waals surface area contributed by atoms with E-state index in [1.807, 2.05) is 0 Å². The highest BCUT2D eigenvalue weighted by atomic mass is 16.1. The molecule has 1 amide bonds. The maximum atomic E-state index is 12.2. The molecule has 1 saturated carbocycles. The summed E-state index contributed by atoms with van der Waals surface area (Å²) in [6, 6.07) is 0. The van der Waals surface area contributed by atoms with Crippen molar-refractivity contribution in [2.45, 2.75) is 45.4 Å². The summed E-state index contributed by atoms with van der Waals surface area (Å²) in [6.45, 7) is 7.44. The largest absolute Gasteiger partial charge is 0.356 e. The second-order valence-electron chi connectivity index (χ2n) is 6.81. The number of rotatable bonds is 6. The number of hydrogen-bond acceptors (Lipinski definition) is 3. The zero-order valence-electron chi connectivity index (χ0n) is 12.9. The number of carbonyl (C=O) groups is 1. The summed E-state index contributed by atoms with van der Waals surface area (Å²) >= 11 is 0. The van der Waals surface area contributed by atoms with Crippen molar-refractivity contribution in [3.05, 3.63) is 0 Å². The molecule has 0 aromatic rings. The molecule has 1 aliphatic heterocycles. The predicted molar refractivity (Wildman–Crippen MR) is 82.4 cm³/mol. The van der Waals surface area contributed by atoms with Crippen LogP contribution >= 0.6 is 0 Å². The highest BCUT2D eigenvalue weighted by molar-refractivity contribution is 5.78. The van der Waals surface area contributed by atoms with Crippen molar-refractivity contribution in [2.24, 2.45) is 23.5 Å². The number of carbonyl (C=O) groups excluding carboxylic acids is 1. The standard InChI is InChI=1S/C16H31N3O/c1-13(12-19-8-2-3-9-19)11-18-16(20)15-6-4-14(10-17)5-7-15/h13-15H,2-12,17H2,1H3,(H,18,20). The molecule has 4 heteroatoms. The first-order valence-electron chi connectivity index (χ1n) is 8.39. The summed E-state index contributed by atoms with van der Waals surface area (Å²) in [5.41, 5.74) is 5.70. The first-order valence-corrected chi connectivity index (χ1v) is 8.39. The van der Waals surface area contributed by atoms with Gasteiger partial charge in [-0.25, -0.2) is 0 Å². The molecule has 0 bridgehead atoms. The van der Waals surface area contributed by atoms with E-state index in [0.29, 0.717) is 11.8 Å². The third kappa shape index (κ3) is 4.74. The van der Waals surface area contributed by atoms with Crippen LogP contribution in [0.15, 0.2) is 0 Å². The fourth-order valence-corrected chi connectivity index (χ4v) is 3.55. The number of nitrogens with zero attached hydrogens (tertiary/aromatic N) is 1. The minimum absolute atomic E-state index is 0.233. The van der Waals surface area contributed by atoms with Crippen molar-refractivity contribution in [3.8, 4) is 0 Å². The summed E-state index contributed by atoms with van der Waals surface area (Å²) in [7, 11) is 0. The number of nitrogens with two attached hydrogens (primary N) is 1. The van der Waals surface area contributed by atoms with Crippen LogP contribution in [0.3, 0.4) is 0 Å². The van der Waals surface area contributed by atoms with Crippen molar-refractivity contribution in [2.75, 3.05) is 32.7 Å². The molecule has 1 unspecified atom stereocenters. The van der Waals surface area contributed by atoms with E-state index in [0.717, 1.165) is 45.3 Å². The monoisotopic (exact) mass is 281 g/mol. The summed E-state index contributed by atoms with van der Waals surface area (Å²) in [5, 5.41) is 3.16. The maximum absolute atomic E-state index is 12.2. The van der Waals surface area contributed by atoms with E-state index in [1.54, 1.807) is 0 Å². The Balaban J connectivity index is 1.61. The molecule has 4 nitrogen and oxygen atoms in total. The minimum atomic E-state index is 0.233. The van der Waals surface area contributed by atoms with Gasteiger partial charge in [-0.05, 0) is 70.0 Å². The van der Waals surface area contributed by atoms with E-state index in [1.165, 1.54) is 25.9 Å². The van der Waals surface area contributed by atoms with Gasteiger partial charge in [0.15, 0.2) is 0 Å². The Morgan fingerprint density at radius 1 is 1.25 bits per heavy atom. The molecule has 0 spiro atoms. The molecule has 3 N–H and O–H groups in total. The van der Waals surface area contributed by atoms with Gasteiger partial charge in [-0.3, -0.25) is 4.79 Å². The highest BCUT2D eigenvalue weighted by Gasteiger charge is 2.25. The fraction of sp³-hybridized carbons (Fsp3) is 0.938. The molecule has 2 fully saturated rings. The molecule has 1 aliphatic carbocycles. The highest BCUT2D eigenvalue weighted by Crippen LogP contribution is 2.28. The van der Waals surface area contributed by atoms with Crippen molar-refractivity contribution in [1.29, 1.82) is 0 Å². The van der Waals surface area contributed by atoms with Crippen LogP contribution in [0.5, 0.6) is 0 Å². The smallest absolute Gasteiger partial charge is 0.223 e. The normalized spacial score (nSPS) is 29.3. The fourth-order valence-electron chi connectivity index (χ4n) is 3.55. The van der Waals surface area contributed by atoms with Gasteiger partial charge in [0.1, 0.15) is 0 Å². The summed E-state index contributed by atoms with van der Waals surface area (Å²) < 4.78 is 0. The van der Waals surface area contributed by atoms with Crippen LogP contribution in [-0.2, 0) is 4.79 Å². The number of nitrogens with one attached hydrogen (secondary N) is 1. The molecule has 0 aromatic heterocycles. The molecule has 116 valence electrons. The molecule has 0 radical (unpaired) electrons. The lowest BCUT2D eigenvalue weighted by molar-refractivity contribution is -0.126. The quantitative estimate of drug-likeness (QED) is 0.777. The summed E-state index contributed by atoms with van der Waals surface area (Å²) in [5.74, 6) is 1.70. The van der Waals surface area contributed by atoms with Crippen LogP contribution < -0.4 is 11.1 Å². The SMILES string of the molecule is CC(CNC(=O)C1CCC(CN)CC1)CN1CCCC1. The average Bonchev–Trinajstić information content (AvgIpc) is 2.97. The van der Waals surface area contributed by atoms with Crippen molar-refractivity contribution in [3.63, 3.8) is 0 Å². The predicted octanol–water partition coefficient (Wildman–Crippen LogP) is 1.60. The van der Waals surface area contributed by atoms with Crippen LogP contribution in [0.2, 0.25) is 0 Å². The molecule has 1 saturated heterocycles. The van der Waals surface area contributed by atoms with Crippen molar-refractivity contribution < 1.29 is 4.79 Å². The summed E-state index contributed by atoms with van der Waals surface area (Å²) in [6.07, 6.45) is 6.96. The van der Waals surface area contributed by atoms with Gasteiger partial charge < -0.3 is 16.0 Å². The Labute approximate surface area is 123 Å². The Morgan fingerprint density at radius 3 is 2.50 bits per heavy atom. The molecular formula is C16H31N3O. The summed E-state index contributed by atoms with van der Waals surface area (Å²) in [4.78, 5) is 14.7. The molecule has 20 heavy (non-hydrogen) atoms. The first kappa shape index (κ1) is 15.8. The van der Waals surface area contributed by atoms with E-state index >= 15 is 0 Å². The topological polar surface area (TPSA) is 58.4 Å². The van der Waals surface area contributed by atoms with Gasteiger partial charge in [0, 0.05) is 19.0 Å². The lowest BCUT2D eigenvalue weighted by Crippen LogP contribution is -2.38. The van der Waals surface area contributed by atoms with Crippen LogP contribution in [-0.4, -0.2) is 43.5 Å².